The molecule has 0 spiro atoms. The molecule has 0 radical (unpaired) electrons. The second kappa shape index (κ2) is 6.67. The van der Waals surface area contributed by atoms with Crippen LogP contribution in [0.2, 0.25) is 0 Å². The molecule has 0 amide bonds. The van der Waals surface area contributed by atoms with Gasteiger partial charge in [-0.15, -0.1) is 0 Å². The average Bonchev–Trinajstić information content (AvgIpc) is 2.45. The highest BCUT2D eigenvalue weighted by molar-refractivity contribution is 9.10. The lowest BCUT2D eigenvalue weighted by Crippen LogP contribution is -2.09. The fraction of sp³-hybridized carbons (Fsp3) is 0.200. The first-order chi connectivity index (χ1) is 10.0. The van der Waals surface area contributed by atoms with E-state index in [-0.39, 0.29) is 17.5 Å². The van der Waals surface area contributed by atoms with Gasteiger partial charge in [0.1, 0.15) is 5.82 Å². The van der Waals surface area contributed by atoms with Gasteiger partial charge in [0.25, 0.3) is 5.69 Å². The summed E-state index contributed by atoms with van der Waals surface area (Å²) in [4.78, 5) is 10.3. The van der Waals surface area contributed by atoms with E-state index in [2.05, 4.69) is 21.2 Å². The monoisotopic (exact) mass is 352 g/mol. The third-order valence-corrected chi connectivity index (χ3v) is 3.80. The summed E-state index contributed by atoms with van der Waals surface area (Å²) in [6.45, 7) is 2.02. The Kier molecular flexibility index (Phi) is 4.90. The van der Waals surface area contributed by atoms with Crippen molar-refractivity contribution in [2.24, 2.45) is 0 Å². The Morgan fingerprint density at radius 1 is 1.29 bits per heavy atom. The fourth-order valence-corrected chi connectivity index (χ4v) is 2.59. The molecule has 0 saturated heterocycles. The van der Waals surface area contributed by atoms with Crippen LogP contribution in [0, 0.1) is 15.9 Å². The number of nitrogens with one attached hydrogen (secondary N) is 1. The third-order valence-electron chi connectivity index (χ3n) is 3.17. The number of nitro groups is 1. The molecule has 2 aromatic carbocycles. The van der Waals surface area contributed by atoms with Crippen molar-refractivity contribution in [3.63, 3.8) is 0 Å². The number of halogens is 2. The third kappa shape index (κ3) is 3.78. The van der Waals surface area contributed by atoms with E-state index >= 15 is 0 Å². The van der Waals surface area contributed by atoms with Crippen molar-refractivity contribution in [3.8, 4) is 0 Å². The molecule has 0 aliphatic rings. The van der Waals surface area contributed by atoms with Crippen molar-refractivity contribution < 1.29 is 9.31 Å². The average molecular weight is 353 g/mol. The summed E-state index contributed by atoms with van der Waals surface area (Å²) in [5, 5.41) is 14.1. The highest BCUT2D eigenvalue weighted by Gasteiger charge is 2.14. The molecule has 6 heteroatoms. The second-order valence-electron chi connectivity index (χ2n) is 4.58. The highest BCUT2D eigenvalue weighted by atomic mass is 79.9. The van der Waals surface area contributed by atoms with Crippen LogP contribution in [0.25, 0.3) is 0 Å². The van der Waals surface area contributed by atoms with Crippen molar-refractivity contribution in [1.82, 2.24) is 0 Å². The number of nitrogens with zero attached hydrogens (tertiary/aromatic N) is 1. The summed E-state index contributed by atoms with van der Waals surface area (Å²) >= 11 is 3.19. The molecule has 0 aromatic heterocycles. The maximum Gasteiger partial charge on any atom is 0.283 e. The van der Waals surface area contributed by atoms with Gasteiger partial charge in [-0.25, -0.2) is 4.39 Å². The molecular formula is C15H14BrFN2O2. The fourth-order valence-electron chi connectivity index (χ4n) is 2.06. The first kappa shape index (κ1) is 15.4. The lowest BCUT2D eigenvalue weighted by molar-refractivity contribution is -0.385. The molecule has 1 N–H and O–H groups in total. The van der Waals surface area contributed by atoms with Crippen LogP contribution in [0.4, 0.5) is 15.8 Å². The van der Waals surface area contributed by atoms with Gasteiger partial charge < -0.3 is 5.32 Å². The number of hydrogen-bond acceptors (Lipinski definition) is 3. The van der Waals surface area contributed by atoms with Gasteiger partial charge in [0.2, 0.25) is 0 Å². The van der Waals surface area contributed by atoms with Gasteiger partial charge in [0.05, 0.1) is 15.4 Å². The summed E-state index contributed by atoms with van der Waals surface area (Å²) in [5.41, 5.74) is 1.76. The van der Waals surface area contributed by atoms with Crippen LogP contribution in [0.3, 0.4) is 0 Å². The largest absolute Gasteiger partial charge is 0.378 e. The Labute approximate surface area is 130 Å². The molecule has 1 atom stereocenters. The maximum atomic E-state index is 13.0. The van der Waals surface area contributed by atoms with Crippen molar-refractivity contribution in [1.29, 1.82) is 0 Å². The Morgan fingerprint density at radius 2 is 1.95 bits per heavy atom. The van der Waals surface area contributed by atoms with Gasteiger partial charge >= 0.3 is 0 Å². The number of rotatable bonds is 5. The topological polar surface area (TPSA) is 55.2 Å². The SMILES string of the molecule is CCC(Nc1ccc([N+](=O)[O-])c(Br)c1)c1ccc(F)cc1. The molecule has 0 saturated carbocycles. The van der Waals surface area contributed by atoms with E-state index < -0.39 is 4.92 Å². The number of nitro benzene ring substituents is 1. The Balaban J connectivity index is 2.20. The number of hydrogen-bond donors (Lipinski definition) is 1. The summed E-state index contributed by atoms with van der Waals surface area (Å²) in [5.74, 6) is -0.272. The zero-order valence-corrected chi connectivity index (χ0v) is 12.9. The van der Waals surface area contributed by atoms with Crippen LogP contribution < -0.4 is 5.32 Å². The van der Waals surface area contributed by atoms with Gasteiger partial charge in [0.15, 0.2) is 0 Å². The predicted molar refractivity (Wildman–Crippen MR) is 83.9 cm³/mol. The lowest BCUT2D eigenvalue weighted by atomic mass is 10.0. The van der Waals surface area contributed by atoms with E-state index in [0.717, 1.165) is 17.7 Å². The molecule has 0 aliphatic carbocycles. The van der Waals surface area contributed by atoms with Gasteiger partial charge in [-0.1, -0.05) is 19.1 Å². The van der Waals surface area contributed by atoms with Crippen LogP contribution in [0.1, 0.15) is 24.9 Å². The van der Waals surface area contributed by atoms with Crippen molar-refractivity contribution in [2.45, 2.75) is 19.4 Å². The van der Waals surface area contributed by atoms with Crippen LogP contribution in [-0.4, -0.2) is 4.92 Å². The molecule has 0 fully saturated rings. The lowest BCUT2D eigenvalue weighted by Gasteiger charge is -2.19. The van der Waals surface area contributed by atoms with Crippen molar-refractivity contribution in [2.75, 3.05) is 5.32 Å². The molecule has 2 rings (SSSR count). The van der Waals surface area contributed by atoms with Crippen molar-refractivity contribution in [3.05, 3.63) is 68.4 Å². The molecule has 0 aliphatic heterocycles. The van der Waals surface area contributed by atoms with Gasteiger partial charge in [-0.05, 0) is 52.2 Å². The number of benzene rings is 2. The Morgan fingerprint density at radius 3 is 2.48 bits per heavy atom. The zero-order valence-electron chi connectivity index (χ0n) is 11.3. The van der Waals surface area contributed by atoms with Crippen molar-refractivity contribution >= 4 is 27.3 Å². The quantitative estimate of drug-likeness (QED) is 0.604. The van der Waals surface area contributed by atoms with E-state index in [1.807, 2.05) is 6.92 Å². The predicted octanol–water partition coefficient (Wildman–Crippen LogP) is 5.06. The second-order valence-corrected chi connectivity index (χ2v) is 5.43. The van der Waals surface area contributed by atoms with E-state index in [9.17, 15) is 14.5 Å². The molecule has 0 bridgehead atoms. The molecule has 110 valence electrons. The molecule has 4 nitrogen and oxygen atoms in total. The summed E-state index contributed by atoms with van der Waals surface area (Å²) in [6, 6.07) is 11.1. The number of anilines is 1. The summed E-state index contributed by atoms with van der Waals surface area (Å²) in [7, 11) is 0. The highest BCUT2D eigenvalue weighted by Crippen LogP contribution is 2.30. The van der Waals surface area contributed by atoms with E-state index in [1.165, 1.54) is 18.2 Å². The van der Waals surface area contributed by atoms with Gasteiger partial charge in [-0.3, -0.25) is 10.1 Å². The minimum Gasteiger partial charge on any atom is -0.378 e. The molecule has 21 heavy (non-hydrogen) atoms. The first-order valence-electron chi connectivity index (χ1n) is 6.47. The molecule has 1 unspecified atom stereocenters. The summed E-state index contributed by atoms with van der Waals surface area (Å²) in [6.07, 6.45) is 0.806. The molecule has 2 aromatic rings. The summed E-state index contributed by atoms with van der Waals surface area (Å²) < 4.78 is 13.4. The minimum absolute atomic E-state index is 0.0129. The van der Waals surface area contributed by atoms with Gasteiger partial charge in [-0.2, -0.15) is 0 Å². The van der Waals surface area contributed by atoms with E-state index in [1.54, 1.807) is 24.3 Å². The van der Waals surface area contributed by atoms with Crippen LogP contribution in [0.5, 0.6) is 0 Å². The standard InChI is InChI=1S/C15H14BrFN2O2/c1-2-14(10-3-5-11(17)6-4-10)18-12-7-8-15(19(20)21)13(16)9-12/h3-9,14,18H,2H2,1H3. The smallest absolute Gasteiger partial charge is 0.283 e. The molecular weight excluding hydrogens is 339 g/mol. The Bertz CT molecular complexity index is 647. The Hall–Kier alpha value is -1.95. The van der Waals surface area contributed by atoms with Crippen LogP contribution >= 0.6 is 15.9 Å². The van der Waals surface area contributed by atoms with Crippen LogP contribution in [0.15, 0.2) is 46.9 Å². The van der Waals surface area contributed by atoms with E-state index in [0.29, 0.717) is 4.47 Å². The zero-order chi connectivity index (χ0) is 15.4. The first-order valence-corrected chi connectivity index (χ1v) is 7.26. The molecule has 0 heterocycles. The maximum absolute atomic E-state index is 13.0. The van der Waals surface area contributed by atoms with E-state index in [4.69, 9.17) is 0 Å². The normalized spacial score (nSPS) is 12.0. The van der Waals surface area contributed by atoms with Gasteiger partial charge in [0, 0.05) is 11.8 Å². The minimum atomic E-state index is -0.439. The van der Waals surface area contributed by atoms with Crippen LogP contribution in [-0.2, 0) is 0 Å².